The largest absolute Gasteiger partial charge is 0.500 e. The third-order valence-corrected chi connectivity index (χ3v) is 13.6. The van der Waals surface area contributed by atoms with Gasteiger partial charge in [0.25, 0.3) is 17.3 Å². The van der Waals surface area contributed by atoms with E-state index in [2.05, 4.69) is 54.4 Å². The van der Waals surface area contributed by atoms with Crippen LogP contribution in [0.3, 0.4) is 0 Å². The molecule has 0 aliphatic heterocycles. The molecule has 0 saturated carbocycles. The van der Waals surface area contributed by atoms with Gasteiger partial charge in [-0.1, -0.05) is 72.8 Å². The predicted octanol–water partition coefficient (Wildman–Crippen LogP) is 6.48. The number of amides is 2. The molecule has 4 aromatic carbocycles. The maximum atomic E-state index is 13.6. The molecule has 0 aliphatic carbocycles. The molecule has 0 aliphatic rings. The number of nitro groups is 2. The lowest BCUT2D eigenvalue weighted by atomic mass is 10.00. The Bertz CT molecular complexity index is 2260. The Kier molecular flexibility index (Phi) is 17.4. The van der Waals surface area contributed by atoms with Crippen LogP contribution in [0.5, 0.6) is 6.01 Å². The first-order valence-electron chi connectivity index (χ1n) is 19.6. The lowest BCUT2D eigenvalue weighted by molar-refractivity contribution is -0.394. The van der Waals surface area contributed by atoms with E-state index >= 15 is 0 Å². The Labute approximate surface area is 363 Å². The van der Waals surface area contributed by atoms with Crippen LogP contribution < -0.4 is 26.0 Å². The molecule has 4 N–H and O–H groups in total. The van der Waals surface area contributed by atoms with Crippen LogP contribution in [0.2, 0.25) is 6.04 Å². The second kappa shape index (κ2) is 23.1. The summed E-state index contributed by atoms with van der Waals surface area (Å²) in [6.07, 6.45) is 1.72. The fraction of sp³-hybridized carbons (Fsp3) is 0.341. The number of carbonyl (C=O) groups is 2. The van der Waals surface area contributed by atoms with Gasteiger partial charge in [-0.25, -0.2) is 0 Å². The Balaban J connectivity index is 1.23. The summed E-state index contributed by atoms with van der Waals surface area (Å²) in [6, 6.07) is 24.3. The summed E-state index contributed by atoms with van der Waals surface area (Å²) in [6.45, 7) is 2.47. The van der Waals surface area contributed by atoms with Crippen molar-refractivity contribution in [2.24, 2.45) is 0 Å². The number of benzene rings is 4. The molecular formula is C41H49N9O10SSi. The average molecular weight is 888 g/mol. The zero-order valence-corrected chi connectivity index (χ0v) is 36.5. The van der Waals surface area contributed by atoms with Gasteiger partial charge in [-0.2, -0.15) is 26.7 Å². The van der Waals surface area contributed by atoms with Gasteiger partial charge in [0.05, 0.1) is 34.1 Å². The molecule has 2 amide bonds. The van der Waals surface area contributed by atoms with E-state index in [0.717, 1.165) is 64.9 Å². The van der Waals surface area contributed by atoms with Crippen molar-refractivity contribution >= 4 is 66.4 Å². The number of ether oxygens (including phenoxy) is 1. The molecule has 21 heteroatoms. The molecule has 1 aromatic heterocycles. The van der Waals surface area contributed by atoms with Crippen LogP contribution in [0, 0.1) is 20.2 Å². The molecular weight excluding hydrogens is 839 g/mol. The first kappa shape index (κ1) is 46.8. The number of thioether (sulfide) groups is 1. The number of hydrogen-bond donors (Lipinski definition) is 4. The zero-order valence-electron chi connectivity index (χ0n) is 34.7. The Morgan fingerprint density at radius 3 is 2.13 bits per heavy atom. The van der Waals surface area contributed by atoms with Gasteiger partial charge in [-0.15, -0.1) is 0 Å². The number of hydrogen-bond acceptors (Lipinski definition) is 16. The van der Waals surface area contributed by atoms with Crippen LogP contribution >= 0.6 is 11.8 Å². The normalized spacial score (nSPS) is 12.3. The van der Waals surface area contributed by atoms with Gasteiger partial charge >= 0.3 is 14.8 Å². The Hall–Kier alpha value is -6.26. The van der Waals surface area contributed by atoms with Gasteiger partial charge in [0.1, 0.15) is 12.6 Å². The van der Waals surface area contributed by atoms with Crippen molar-refractivity contribution in [2.45, 2.75) is 37.9 Å². The minimum atomic E-state index is -2.60. The summed E-state index contributed by atoms with van der Waals surface area (Å²) in [5.74, 6) is 0.816. The van der Waals surface area contributed by atoms with E-state index < -0.39 is 47.9 Å². The van der Waals surface area contributed by atoms with Gasteiger partial charge in [-0.05, 0) is 53.2 Å². The van der Waals surface area contributed by atoms with E-state index in [1.54, 1.807) is 51.7 Å². The van der Waals surface area contributed by atoms with Gasteiger partial charge in [0.2, 0.25) is 17.8 Å². The highest BCUT2D eigenvalue weighted by Crippen LogP contribution is 2.27. The van der Waals surface area contributed by atoms with Crippen LogP contribution in [0.15, 0.2) is 91.0 Å². The lowest BCUT2D eigenvalue weighted by Crippen LogP contribution is -2.42. The van der Waals surface area contributed by atoms with E-state index in [9.17, 15) is 29.8 Å². The number of non-ortho nitro benzene ring substituents is 2. The molecule has 0 unspecified atom stereocenters. The third-order valence-electron chi connectivity index (χ3n) is 9.59. The quantitative estimate of drug-likeness (QED) is 0.0212. The van der Waals surface area contributed by atoms with Crippen LogP contribution in [0.25, 0.3) is 10.8 Å². The molecule has 5 aromatic rings. The lowest BCUT2D eigenvalue weighted by Gasteiger charge is -2.24. The predicted molar refractivity (Wildman–Crippen MR) is 237 cm³/mol. The Morgan fingerprint density at radius 2 is 1.44 bits per heavy atom. The first-order valence-corrected chi connectivity index (χ1v) is 22.7. The van der Waals surface area contributed by atoms with Crippen molar-refractivity contribution in [3.8, 4) is 6.01 Å². The third kappa shape index (κ3) is 13.1. The van der Waals surface area contributed by atoms with Crippen molar-refractivity contribution in [1.82, 2.24) is 25.6 Å². The summed E-state index contributed by atoms with van der Waals surface area (Å²) in [7, 11) is 2.23. The summed E-state index contributed by atoms with van der Waals surface area (Å²) in [4.78, 5) is 61.7. The van der Waals surface area contributed by atoms with Crippen molar-refractivity contribution in [3.63, 3.8) is 0 Å². The number of carbonyl (C=O) groups excluding carboxylic acids is 2. The molecule has 0 saturated heterocycles. The maximum absolute atomic E-state index is 13.6. The maximum Gasteiger partial charge on any atom is 0.500 e. The minimum Gasteiger partial charge on any atom is -0.461 e. The summed E-state index contributed by atoms with van der Waals surface area (Å²) in [5, 5.41) is 37.0. The minimum absolute atomic E-state index is 0.000927. The SMILES string of the molecule is CO[Si](CCCSCCCNc1nc(N[C@H](C)c2cccc3ccccc23)nc(OCCNC(=O)[C@@H](NC(=O)c2cc([N+](=O)[O-])cc([N+](=O)[O-])c2)c2ccccc2)n1)(OC)OC. The number of fused-ring (bicyclic) bond motifs is 1. The van der Waals surface area contributed by atoms with Gasteiger partial charge in [0, 0.05) is 46.1 Å². The average Bonchev–Trinajstić information content (AvgIpc) is 3.29. The first-order chi connectivity index (χ1) is 29.9. The van der Waals surface area contributed by atoms with Gasteiger partial charge in [-0.3, -0.25) is 29.8 Å². The standard InChI is InChI=1S/C41H49N9O10SSi/c1-28(34-18-10-16-29-13-8-9-17-35(29)34)44-40-46-39(43-19-11-22-61-23-12-24-62(57-2,58-3)59-4)47-41(48-40)60-21-20-42-38(52)36(30-14-6-5-7-15-30)45-37(51)31-25-32(49(53)54)27-33(26-31)50(55)56/h5-10,13-18,25-28,36H,11-12,19-24H2,1-4H3,(H,42,52)(H,45,51)(H2,43,44,46,47,48)/t28-,36+/m1/s1. The number of rotatable bonds is 25. The highest BCUT2D eigenvalue weighted by molar-refractivity contribution is 7.99. The monoisotopic (exact) mass is 887 g/mol. The Morgan fingerprint density at radius 1 is 0.790 bits per heavy atom. The summed E-state index contributed by atoms with van der Waals surface area (Å²) >= 11 is 1.81. The molecule has 5 rings (SSSR count). The molecule has 328 valence electrons. The van der Waals surface area contributed by atoms with Crippen LogP contribution in [-0.4, -0.2) is 97.9 Å². The second-order valence-corrected chi connectivity index (χ2v) is 18.0. The van der Waals surface area contributed by atoms with E-state index in [-0.39, 0.29) is 36.7 Å². The van der Waals surface area contributed by atoms with E-state index in [1.165, 1.54) is 0 Å². The van der Waals surface area contributed by atoms with Crippen LogP contribution in [-0.2, 0) is 18.1 Å². The van der Waals surface area contributed by atoms with Crippen LogP contribution in [0.4, 0.5) is 23.3 Å². The number of nitrogens with zero attached hydrogens (tertiary/aromatic N) is 5. The van der Waals surface area contributed by atoms with Gasteiger partial charge < -0.3 is 39.3 Å². The molecule has 0 spiro atoms. The molecule has 0 bridgehead atoms. The van der Waals surface area contributed by atoms with Gasteiger partial charge in [0.15, 0.2) is 0 Å². The zero-order chi connectivity index (χ0) is 44.5. The highest BCUT2D eigenvalue weighted by Gasteiger charge is 2.36. The summed E-state index contributed by atoms with van der Waals surface area (Å²) < 4.78 is 22.4. The smallest absolute Gasteiger partial charge is 0.461 e. The molecule has 19 nitrogen and oxygen atoms in total. The van der Waals surface area contributed by atoms with Crippen LogP contribution in [0.1, 0.15) is 53.3 Å². The van der Waals surface area contributed by atoms with Crippen molar-refractivity contribution in [2.75, 3.05) is 63.2 Å². The molecule has 62 heavy (non-hydrogen) atoms. The second-order valence-electron chi connectivity index (χ2n) is 13.7. The number of nitrogens with one attached hydrogen (secondary N) is 4. The van der Waals surface area contributed by atoms with E-state index in [1.807, 2.05) is 43.0 Å². The molecule has 0 radical (unpaired) electrons. The highest BCUT2D eigenvalue weighted by atomic mass is 32.2. The fourth-order valence-electron chi connectivity index (χ4n) is 6.40. The fourth-order valence-corrected chi connectivity index (χ4v) is 9.28. The van der Waals surface area contributed by atoms with E-state index in [0.29, 0.717) is 18.1 Å². The van der Waals surface area contributed by atoms with E-state index in [4.69, 9.17) is 18.0 Å². The molecule has 2 atom stereocenters. The van der Waals surface area contributed by atoms with Crippen molar-refractivity contribution in [1.29, 1.82) is 0 Å². The number of anilines is 2. The molecule has 0 fully saturated rings. The topological polar surface area (TPSA) is 244 Å². The number of aromatic nitrogens is 3. The summed E-state index contributed by atoms with van der Waals surface area (Å²) in [5.41, 5.74) is -0.209. The van der Waals surface area contributed by atoms with Crippen molar-refractivity contribution in [3.05, 3.63) is 128 Å². The van der Waals surface area contributed by atoms with Crippen molar-refractivity contribution < 1.29 is 37.5 Å². The molecule has 1 heterocycles. The number of nitro benzene ring substituents is 2.